The number of carbonyl (C=O) groups is 1. The highest BCUT2D eigenvalue weighted by Crippen LogP contribution is 2.20. The van der Waals surface area contributed by atoms with Crippen molar-refractivity contribution in [2.45, 2.75) is 13.0 Å². The minimum atomic E-state index is -0.654. The van der Waals surface area contributed by atoms with Crippen LogP contribution in [0.25, 0.3) is 0 Å². The summed E-state index contributed by atoms with van der Waals surface area (Å²) in [5, 5.41) is 10.9. The summed E-state index contributed by atoms with van der Waals surface area (Å²) in [4.78, 5) is 14.3. The Hall–Kier alpha value is -0.870. The molecule has 0 amide bonds. The van der Waals surface area contributed by atoms with Crippen molar-refractivity contribution in [1.29, 1.82) is 0 Å². The monoisotopic (exact) mass is 211 g/mol. The predicted octanol–water partition coefficient (Wildman–Crippen LogP) is 1.65. The minimum Gasteiger partial charge on any atom is -0.481 e. The lowest BCUT2D eigenvalue weighted by Crippen LogP contribution is -2.22. The van der Waals surface area contributed by atoms with Gasteiger partial charge in [0.25, 0.3) is 0 Å². The molecule has 1 aliphatic heterocycles. The molecule has 0 spiro atoms. The van der Waals surface area contributed by atoms with Crippen LogP contribution in [-0.2, 0) is 11.3 Å². The lowest BCUT2D eigenvalue weighted by molar-refractivity contribution is -0.141. The zero-order chi connectivity index (χ0) is 9.97. The molecule has 0 aromatic carbocycles. The number of hydrogen-bond donors (Lipinski definition) is 1. The van der Waals surface area contributed by atoms with E-state index in [1.54, 1.807) is 11.3 Å². The SMILES string of the molecule is O=C(O)[C@@H]1CCN(Cc2cccs2)C1. The van der Waals surface area contributed by atoms with E-state index in [4.69, 9.17) is 5.11 Å². The van der Waals surface area contributed by atoms with Gasteiger partial charge in [-0.1, -0.05) is 6.07 Å². The maximum absolute atomic E-state index is 10.7. The van der Waals surface area contributed by atoms with E-state index >= 15 is 0 Å². The molecule has 1 fully saturated rings. The minimum absolute atomic E-state index is 0.157. The maximum Gasteiger partial charge on any atom is 0.307 e. The second-order valence-electron chi connectivity index (χ2n) is 3.64. The molecular formula is C10H13NO2S. The molecule has 0 aliphatic carbocycles. The summed E-state index contributed by atoms with van der Waals surface area (Å²) in [7, 11) is 0. The molecule has 1 atom stereocenters. The fourth-order valence-electron chi connectivity index (χ4n) is 1.80. The van der Waals surface area contributed by atoms with Crippen LogP contribution in [0, 0.1) is 5.92 Å². The van der Waals surface area contributed by atoms with E-state index in [2.05, 4.69) is 16.3 Å². The topological polar surface area (TPSA) is 40.5 Å². The molecule has 2 heterocycles. The molecule has 1 aliphatic rings. The summed E-state index contributed by atoms with van der Waals surface area (Å²) >= 11 is 1.73. The number of carboxylic acid groups (broad SMARTS) is 1. The summed E-state index contributed by atoms with van der Waals surface area (Å²) in [5.74, 6) is -0.811. The van der Waals surface area contributed by atoms with Gasteiger partial charge >= 0.3 is 5.97 Å². The molecule has 0 bridgehead atoms. The Morgan fingerprint density at radius 3 is 3.14 bits per heavy atom. The molecule has 1 saturated heterocycles. The van der Waals surface area contributed by atoms with Gasteiger partial charge in [-0.05, 0) is 24.4 Å². The molecule has 76 valence electrons. The quantitative estimate of drug-likeness (QED) is 0.826. The number of hydrogen-bond acceptors (Lipinski definition) is 3. The highest BCUT2D eigenvalue weighted by molar-refractivity contribution is 7.09. The molecule has 2 rings (SSSR count). The molecule has 3 nitrogen and oxygen atoms in total. The van der Waals surface area contributed by atoms with Crippen LogP contribution in [0.3, 0.4) is 0 Å². The van der Waals surface area contributed by atoms with Crippen LogP contribution in [0.1, 0.15) is 11.3 Å². The highest BCUT2D eigenvalue weighted by Gasteiger charge is 2.27. The normalized spacial score (nSPS) is 22.7. The third-order valence-corrected chi connectivity index (χ3v) is 3.44. The fourth-order valence-corrected chi connectivity index (χ4v) is 2.55. The number of nitrogens with zero attached hydrogens (tertiary/aromatic N) is 1. The third-order valence-electron chi connectivity index (χ3n) is 2.58. The van der Waals surface area contributed by atoms with Gasteiger partial charge in [0.15, 0.2) is 0 Å². The van der Waals surface area contributed by atoms with Gasteiger partial charge in [0, 0.05) is 18.0 Å². The molecule has 0 saturated carbocycles. The van der Waals surface area contributed by atoms with Crippen molar-refractivity contribution in [2.75, 3.05) is 13.1 Å². The molecule has 14 heavy (non-hydrogen) atoms. The van der Waals surface area contributed by atoms with E-state index in [1.807, 2.05) is 6.07 Å². The number of rotatable bonds is 3. The van der Waals surface area contributed by atoms with Crippen LogP contribution in [0.15, 0.2) is 17.5 Å². The van der Waals surface area contributed by atoms with E-state index < -0.39 is 5.97 Å². The van der Waals surface area contributed by atoms with Gasteiger partial charge in [-0.2, -0.15) is 0 Å². The summed E-state index contributed by atoms with van der Waals surface area (Å²) in [6, 6.07) is 4.13. The predicted molar refractivity (Wildman–Crippen MR) is 55.3 cm³/mol. The Bertz CT molecular complexity index is 310. The van der Waals surface area contributed by atoms with Crippen molar-refractivity contribution >= 4 is 17.3 Å². The Labute approximate surface area is 87.0 Å². The van der Waals surface area contributed by atoms with Crippen molar-refractivity contribution < 1.29 is 9.90 Å². The molecule has 1 aromatic heterocycles. The molecule has 4 heteroatoms. The van der Waals surface area contributed by atoms with Gasteiger partial charge in [0.2, 0.25) is 0 Å². The Balaban J connectivity index is 1.87. The summed E-state index contributed by atoms with van der Waals surface area (Å²) in [5.41, 5.74) is 0. The van der Waals surface area contributed by atoms with Gasteiger partial charge in [-0.3, -0.25) is 9.69 Å². The van der Waals surface area contributed by atoms with Crippen LogP contribution in [0.5, 0.6) is 0 Å². The van der Waals surface area contributed by atoms with Crippen LogP contribution in [-0.4, -0.2) is 29.1 Å². The number of likely N-dealkylation sites (tertiary alicyclic amines) is 1. The van der Waals surface area contributed by atoms with Crippen molar-refractivity contribution in [2.24, 2.45) is 5.92 Å². The van der Waals surface area contributed by atoms with E-state index in [0.29, 0.717) is 6.54 Å². The fraction of sp³-hybridized carbons (Fsp3) is 0.500. The summed E-state index contributed by atoms with van der Waals surface area (Å²) in [6.07, 6.45) is 0.792. The summed E-state index contributed by atoms with van der Waals surface area (Å²) < 4.78 is 0. The first-order valence-electron chi connectivity index (χ1n) is 4.73. The van der Waals surface area contributed by atoms with E-state index in [1.165, 1.54) is 4.88 Å². The number of carboxylic acids is 1. The average Bonchev–Trinajstić information content (AvgIpc) is 2.75. The van der Waals surface area contributed by atoms with E-state index in [0.717, 1.165) is 19.5 Å². The molecule has 1 N–H and O–H groups in total. The van der Waals surface area contributed by atoms with Gasteiger partial charge in [-0.25, -0.2) is 0 Å². The Morgan fingerprint density at radius 2 is 2.57 bits per heavy atom. The van der Waals surface area contributed by atoms with Gasteiger partial charge < -0.3 is 5.11 Å². The van der Waals surface area contributed by atoms with Crippen LogP contribution in [0.2, 0.25) is 0 Å². The first-order chi connectivity index (χ1) is 6.75. The standard InChI is InChI=1S/C10H13NO2S/c12-10(13)8-3-4-11(6-8)7-9-2-1-5-14-9/h1-2,5,8H,3-4,6-7H2,(H,12,13)/t8-/m1/s1. The van der Waals surface area contributed by atoms with Crippen molar-refractivity contribution in [3.8, 4) is 0 Å². The highest BCUT2D eigenvalue weighted by atomic mass is 32.1. The lowest BCUT2D eigenvalue weighted by Gasteiger charge is -2.13. The molecule has 0 radical (unpaired) electrons. The van der Waals surface area contributed by atoms with Gasteiger partial charge in [0.1, 0.15) is 0 Å². The number of aliphatic carboxylic acids is 1. The van der Waals surface area contributed by atoms with Crippen molar-refractivity contribution in [3.05, 3.63) is 22.4 Å². The van der Waals surface area contributed by atoms with Crippen LogP contribution in [0.4, 0.5) is 0 Å². The Morgan fingerprint density at radius 1 is 1.71 bits per heavy atom. The zero-order valence-corrected chi connectivity index (χ0v) is 8.67. The molecule has 0 unspecified atom stereocenters. The molecule has 1 aromatic rings. The maximum atomic E-state index is 10.7. The third kappa shape index (κ3) is 2.13. The second kappa shape index (κ2) is 4.11. The average molecular weight is 211 g/mol. The lowest BCUT2D eigenvalue weighted by atomic mass is 10.1. The van der Waals surface area contributed by atoms with E-state index in [-0.39, 0.29) is 5.92 Å². The number of thiophene rings is 1. The molecular weight excluding hydrogens is 198 g/mol. The Kier molecular flexibility index (Phi) is 2.84. The van der Waals surface area contributed by atoms with Gasteiger partial charge in [-0.15, -0.1) is 11.3 Å². The van der Waals surface area contributed by atoms with Gasteiger partial charge in [0.05, 0.1) is 5.92 Å². The first kappa shape index (κ1) is 9.68. The van der Waals surface area contributed by atoms with E-state index in [9.17, 15) is 4.79 Å². The smallest absolute Gasteiger partial charge is 0.307 e. The van der Waals surface area contributed by atoms with Crippen molar-refractivity contribution in [3.63, 3.8) is 0 Å². The zero-order valence-electron chi connectivity index (χ0n) is 7.85. The second-order valence-corrected chi connectivity index (χ2v) is 4.67. The largest absolute Gasteiger partial charge is 0.481 e. The van der Waals surface area contributed by atoms with Crippen molar-refractivity contribution in [1.82, 2.24) is 4.90 Å². The van der Waals surface area contributed by atoms with Crippen LogP contribution >= 0.6 is 11.3 Å². The first-order valence-corrected chi connectivity index (χ1v) is 5.61. The van der Waals surface area contributed by atoms with Crippen LogP contribution < -0.4 is 0 Å². The summed E-state index contributed by atoms with van der Waals surface area (Å²) in [6.45, 7) is 2.52.